The topological polar surface area (TPSA) is 215 Å². The number of hydroxylamine groups is 2. The number of amides is 4. The van der Waals surface area contributed by atoms with Gasteiger partial charge in [0.25, 0.3) is 5.91 Å². The third-order valence-electron chi connectivity index (χ3n) is 4.39. The molecule has 17 heteroatoms. The smallest absolute Gasteiger partial charge is 0.329 e. The minimum Gasteiger partial charge on any atom is -0.329 e. The molecule has 3 heterocycles. The van der Waals surface area contributed by atoms with Gasteiger partial charge in [0.2, 0.25) is 5.91 Å². The summed E-state index contributed by atoms with van der Waals surface area (Å²) in [4.78, 5) is 37.8. The number of piperidine rings is 1. The highest BCUT2D eigenvalue weighted by Gasteiger charge is 2.49. The van der Waals surface area contributed by atoms with Crippen LogP contribution in [0.2, 0.25) is 0 Å². The third kappa shape index (κ3) is 4.75. The normalized spacial score (nSPS) is 21.4. The van der Waals surface area contributed by atoms with E-state index in [0.29, 0.717) is 11.6 Å². The van der Waals surface area contributed by atoms with Gasteiger partial charge in [0, 0.05) is 13.1 Å². The molecule has 2 saturated heterocycles. The van der Waals surface area contributed by atoms with Gasteiger partial charge in [-0.25, -0.2) is 9.48 Å². The zero-order valence-corrected chi connectivity index (χ0v) is 15.8. The summed E-state index contributed by atoms with van der Waals surface area (Å²) in [7, 11) is -4.88. The van der Waals surface area contributed by atoms with Gasteiger partial charge in [-0.2, -0.15) is 13.5 Å². The summed E-state index contributed by atoms with van der Waals surface area (Å²) in [5.74, 6) is -1.000. The van der Waals surface area contributed by atoms with E-state index in [2.05, 4.69) is 30.7 Å². The van der Waals surface area contributed by atoms with Crippen LogP contribution in [0.4, 0.5) is 4.79 Å². The maximum atomic E-state index is 12.4. The van der Waals surface area contributed by atoms with Crippen LogP contribution in [-0.4, -0.2) is 86.2 Å². The number of hydrogen-bond acceptors (Lipinski definition) is 10. The van der Waals surface area contributed by atoms with E-state index >= 15 is 0 Å². The molecule has 2 fully saturated rings. The molecule has 0 spiro atoms. The first-order chi connectivity index (χ1) is 13.7. The monoisotopic (exact) mass is 433 g/mol. The van der Waals surface area contributed by atoms with Crippen molar-refractivity contribution in [2.24, 2.45) is 5.73 Å². The minimum absolute atomic E-state index is 0.0360. The summed E-state index contributed by atoms with van der Waals surface area (Å²) in [5.41, 5.74) is 9.85. The number of carbonyl (C=O) groups excluding carboxylic acids is 3. The fourth-order valence-electron chi connectivity index (χ4n) is 3.15. The predicted octanol–water partition coefficient (Wildman–Crippen LogP) is -3.68. The number of aromatic nitrogens is 4. The Balaban J connectivity index is 1.54. The Bertz CT molecular complexity index is 903. The van der Waals surface area contributed by atoms with Crippen LogP contribution in [0.5, 0.6) is 0 Å². The molecule has 2 atom stereocenters. The molecule has 0 radical (unpaired) electrons. The van der Waals surface area contributed by atoms with Gasteiger partial charge in [-0.15, -0.1) is 9.38 Å². The van der Waals surface area contributed by atoms with E-state index < -0.39 is 40.3 Å². The van der Waals surface area contributed by atoms with E-state index in [9.17, 15) is 22.8 Å². The molecule has 4 amide bonds. The van der Waals surface area contributed by atoms with Crippen molar-refractivity contribution >= 4 is 28.2 Å². The first-order valence-corrected chi connectivity index (χ1v) is 9.86. The van der Waals surface area contributed by atoms with Gasteiger partial charge in [0.15, 0.2) is 5.82 Å². The van der Waals surface area contributed by atoms with Gasteiger partial charge in [0.1, 0.15) is 6.04 Å². The lowest BCUT2D eigenvalue weighted by Gasteiger charge is -2.29. The highest BCUT2D eigenvalue weighted by molar-refractivity contribution is 7.80. The van der Waals surface area contributed by atoms with Crippen LogP contribution in [0, 0.1) is 0 Å². The lowest BCUT2D eigenvalue weighted by atomic mass is 10.0. The number of nitrogens with zero attached hydrogens (tertiary/aromatic N) is 6. The molecule has 3 rings (SSSR count). The number of rotatable bonds is 7. The number of carbonyl (C=O) groups is 3. The lowest BCUT2D eigenvalue weighted by molar-refractivity contribution is -0.131. The van der Waals surface area contributed by atoms with E-state index in [4.69, 9.17) is 10.3 Å². The highest BCUT2D eigenvalue weighted by Crippen LogP contribution is 2.30. The van der Waals surface area contributed by atoms with Gasteiger partial charge in [-0.1, -0.05) is 0 Å². The first-order valence-electron chi connectivity index (χ1n) is 8.50. The Labute approximate surface area is 164 Å². The van der Waals surface area contributed by atoms with Crippen molar-refractivity contribution in [1.29, 1.82) is 0 Å². The molecular weight excluding hydrogens is 414 g/mol. The van der Waals surface area contributed by atoms with Crippen LogP contribution in [0.1, 0.15) is 18.7 Å². The number of hydrazine groups is 1. The average molecular weight is 433 g/mol. The fourth-order valence-corrected chi connectivity index (χ4v) is 3.54. The number of urea groups is 1. The molecule has 2 aliphatic heterocycles. The van der Waals surface area contributed by atoms with E-state index in [1.807, 2.05) is 0 Å². The molecule has 160 valence electrons. The quantitative estimate of drug-likeness (QED) is 0.242. The standard InChI is InChI=1S/C12H19N9O7S/c13-3-4-20-9(14-17-18-20)5-10(22)15-16-11(23)8-2-1-7-6-19(8)12(24)21(7)28-29(25,26)27/h7-8H,1-6,13H2,(H,15,22)(H,16,23)(H,25,26,27)/t7-,8+/m1/s1. The fraction of sp³-hybridized carbons (Fsp3) is 0.667. The van der Waals surface area contributed by atoms with E-state index in [-0.39, 0.29) is 38.2 Å². The van der Waals surface area contributed by atoms with Gasteiger partial charge in [0.05, 0.1) is 19.0 Å². The van der Waals surface area contributed by atoms with Crippen LogP contribution in [-0.2, 0) is 37.2 Å². The SMILES string of the molecule is NCCn1nnnc1CC(=O)NNC(=O)[C@@H]1CC[C@@H]2CN1C(=O)N2OS(=O)(=O)O. The number of hydrogen-bond donors (Lipinski definition) is 4. The highest BCUT2D eigenvalue weighted by atomic mass is 32.3. The molecule has 1 aromatic rings. The predicted molar refractivity (Wildman–Crippen MR) is 90.2 cm³/mol. The van der Waals surface area contributed by atoms with E-state index in [1.165, 1.54) is 4.68 Å². The second kappa shape index (κ2) is 8.23. The molecule has 5 N–H and O–H groups in total. The summed E-state index contributed by atoms with van der Waals surface area (Å²) in [6, 6.07) is -2.45. The number of nitrogens with one attached hydrogen (secondary N) is 2. The molecule has 0 saturated carbocycles. The summed E-state index contributed by atoms with van der Waals surface area (Å²) < 4.78 is 36.2. The lowest BCUT2D eigenvalue weighted by Crippen LogP contribution is -2.54. The maximum Gasteiger partial charge on any atom is 0.418 e. The van der Waals surface area contributed by atoms with Crippen LogP contribution in [0.15, 0.2) is 0 Å². The Hall–Kier alpha value is -2.89. The molecule has 0 unspecified atom stereocenters. The molecule has 1 aromatic heterocycles. The molecule has 16 nitrogen and oxygen atoms in total. The van der Waals surface area contributed by atoms with Crippen LogP contribution < -0.4 is 16.6 Å². The Morgan fingerprint density at radius 1 is 1.31 bits per heavy atom. The van der Waals surface area contributed by atoms with Gasteiger partial charge < -0.3 is 10.6 Å². The largest absolute Gasteiger partial charge is 0.418 e. The maximum absolute atomic E-state index is 12.4. The number of nitrogens with two attached hydrogens (primary N) is 1. The first kappa shape index (κ1) is 20.8. The summed E-state index contributed by atoms with van der Waals surface area (Å²) in [6.07, 6.45) is 0.258. The van der Waals surface area contributed by atoms with Crippen LogP contribution >= 0.6 is 0 Å². The molecule has 0 aromatic carbocycles. The van der Waals surface area contributed by atoms with Crippen molar-refractivity contribution in [2.75, 3.05) is 13.1 Å². The Morgan fingerprint density at radius 3 is 2.76 bits per heavy atom. The zero-order valence-electron chi connectivity index (χ0n) is 15.0. The molecule has 2 bridgehead atoms. The Morgan fingerprint density at radius 2 is 2.07 bits per heavy atom. The second-order valence-corrected chi connectivity index (χ2v) is 7.34. The second-order valence-electron chi connectivity index (χ2n) is 6.33. The average Bonchev–Trinajstić information content (AvgIpc) is 3.17. The molecule has 29 heavy (non-hydrogen) atoms. The summed E-state index contributed by atoms with van der Waals surface area (Å²) >= 11 is 0. The minimum atomic E-state index is -4.88. The molecule has 2 aliphatic rings. The third-order valence-corrected chi connectivity index (χ3v) is 4.74. The van der Waals surface area contributed by atoms with Crippen molar-refractivity contribution in [3.63, 3.8) is 0 Å². The number of fused-ring (bicyclic) bond motifs is 2. The zero-order chi connectivity index (χ0) is 21.2. The molecule has 0 aliphatic carbocycles. The molecular formula is C12H19N9O7S. The number of tetrazole rings is 1. The van der Waals surface area contributed by atoms with Crippen molar-refractivity contribution in [3.05, 3.63) is 5.82 Å². The Kier molecular flexibility index (Phi) is 5.91. The van der Waals surface area contributed by atoms with E-state index in [1.54, 1.807) is 0 Å². The van der Waals surface area contributed by atoms with Crippen molar-refractivity contribution < 1.29 is 31.6 Å². The van der Waals surface area contributed by atoms with Crippen molar-refractivity contribution in [3.8, 4) is 0 Å². The van der Waals surface area contributed by atoms with Gasteiger partial charge >= 0.3 is 16.4 Å². The van der Waals surface area contributed by atoms with Crippen LogP contribution in [0.25, 0.3) is 0 Å². The van der Waals surface area contributed by atoms with Crippen LogP contribution in [0.3, 0.4) is 0 Å². The van der Waals surface area contributed by atoms with Gasteiger partial charge in [-0.3, -0.25) is 25.0 Å². The van der Waals surface area contributed by atoms with Gasteiger partial charge in [-0.05, 0) is 23.3 Å². The van der Waals surface area contributed by atoms with Crippen molar-refractivity contribution in [1.82, 2.24) is 41.0 Å². The van der Waals surface area contributed by atoms with E-state index in [0.717, 1.165) is 4.90 Å². The summed E-state index contributed by atoms with van der Waals surface area (Å²) in [5, 5.41) is 11.4. The van der Waals surface area contributed by atoms with Crippen molar-refractivity contribution in [2.45, 2.75) is 37.9 Å². The summed E-state index contributed by atoms with van der Waals surface area (Å²) in [6.45, 7) is 0.639.